The van der Waals surface area contributed by atoms with Crippen LogP contribution in [-0.4, -0.2) is 33.3 Å². The molecule has 0 spiro atoms. The van der Waals surface area contributed by atoms with Gasteiger partial charge in [-0.05, 0) is 54.4 Å². The first-order valence-corrected chi connectivity index (χ1v) is 8.10. The Hall–Kier alpha value is -2.73. The second-order valence-electron chi connectivity index (χ2n) is 5.39. The highest BCUT2D eigenvalue weighted by atomic mass is 16.5. The van der Waals surface area contributed by atoms with E-state index in [1.807, 2.05) is 18.2 Å². The predicted octanol–water partition coefficient (Wildman–Crippen LogP) is 2.61. The average molecular weight is 344 g/mol. The van der Waals surface area contributed by atoms with E-state index < -0.39 is 0 Å². The third kappa shape index (κ3) is 5.69. The molecule has 134 valence electrons. The number of nitrogens with two attached hydrogens (primary N) is 1. The average Bonchev–Trinajstić information content (AvgIpc) is 2.65. The maximum atomic E-state index is 12.2. The van der Waals surface area contributed by atoms with Crippen molar-refractivity contribution in [3.63, 3.8) is 0 Å². The summed E-state index contributed by atoms with van der Waals surface area (Å²) in [6, 6.07) is 12.8. The number of benzene rings is 2. The molecule has 0 fully saturated rings. The van der Waals surface area contributed by atoms with Crippen LogP contribution in [0.25, 0.3) is 0 Å². The SMILES string of the molecule is COc1ccc(OC)c(CCC(=O)Nc2ccc(OCCN)cc2)c1. The van der Waals surface area contributed by atoms with Crippen molar-refractivity contribution in [1.29, 1.82) is 0 Å². The maximum Gasteiger partial charge on any atom is 0.224 e. The van der Waals surface area contributed by atoms with Crippen molar-refractivity contribution in [2.24, 2.45) is 5.73 Å². The number of methoxy groups -OCH3 is 2. The minimum Gasteiger partial charge on any atom is -0.497 e. The molecule has 0 aliphatic heterocycles. The summed E-state index contributed by atoms with van der Waals surface area (Å²) < 4.78 is 16.0. The lowest BCUT2D eigenvalue weighted by Crippen LogP contribution is -2.13. The molecule has 0 atom stereocenters. The van der Waals surface area contributed by atoms with Gasteiger partial charge in [0.25, 0.3) is 0 Å². The number of hydrogen-bond acceptors (Lipinski definition) is 5. The van der Waals surface area contributed by atoms with Crippen molar-refractivity contribution in [1.82, 2.24) is 0 Å². The Labute approximate surface area is 147 Å². The van der Waals surface area contributed by atoms with Gasteiger partial charge in [0, 0.05) is 18.7 Å². The standard InChI is InChI=1S/C19H24N2O4/c1-23-17-8-9-18(24-2)14(13-17)3-10-19(22)21-15-4-6-16(7-5-15)25-12-11-20/h4-9,13H,3,10-12,20H2,1-2H3,(H,21,22). The molecule has 0 aliphatic rings. The first-order chi connectivity index (χ1) is 12.2. The van der Waals surface area contributed by atoms with Crippen LogP contribution in [0, 0.1) is 0 Å². The van der Waals surface area contributed by atoms with Gasteiger partial charge in [-0.2, -0.15) is 0 Å². The zero-order valence-corrected chi connectivity index (χ0v) is 14.6. The van der Waals surface area contributed by atoms with Crippen molar-refractivity contribution in [3.05, 3.63) is 48.0 Å². The molecule has 0 radical (unpaired) electrons. The van der Waals surface area contributed by atoms with E-state index >= 15 is 0 Å². The lowest BCUT2D eigenvalue weighted by atomic mass is 10.1. The van der Waals surface area contributed by atoms with Gasteiger partial charge in [-0.3, -0.25) is 4.79 Å². The summed E-state index contributed by atoms with van der Waals surface area (Å²) in [5.41, 5.74) is 7.05. The molecule has 6 heteroatoms. The molecule has 2 rings (SSSR count). The first-order valence-electron chi connectivity index (χ1n) is 8.10. The van der Waals surface area contributed by atoms with Crippen LogP contribution in [0.4, 0.5) is 5.69 Å². The van der Waals surface area contributed by atoms with E-state index in [9.17, 15) is 4.79 Å². The van der Waals surface area contributed by atoms with Gasteiger partial charge in [0.2, 0.25) is 5.91 Å². The normalized spacial score (nSPS) is 10.2. The van der Waals surface area contributed by atoms with Crippen LogP contribution >= 0.6 is 0 Å². The fourth-order valence-corrected chi connectivity index (χ4v) is 2.36. The number of aryl methyl sites for hydroxylation is 1. The van der Waals surface area contributed by atoms with E-state index in [1.54, 1.807) is 38.5 Å². The van der Waals surface area contributed by atoms with E-state index in [1.165, 1.54) is 0 Å². The van der Waals surface area contributed by atoms with Gasteiger partial charge in [0.15, 0.2) is 0 Å². The molecular weight excluding hydrogens is 320 g/mol. The topological polar surface area (TPSA) is 82.8 Å². The second-order valence-corrected chi connectivity index (χ2v) is 5.39. The maximum absolute atomic E-state index is 12.2. The van der Waals surface area contributed by atoms with Gasteiger partial charge < -0.3 is 25.3 Å². The van der Waals surface area contributed by atoms with Crippen LogP contribution in [-0.2, 0) is 11.2 Å². The summed E-state index contributed by atoms with van der Waals surface area (Å²) in [6.07, 6.45) is 0.902. The van der Waals surface area contributed by atoms with Crippen LogP contribution < -0.4 is 25.3 Å². The Kier molecular flexibility index (Phi) is 7.10. The van der Waals surface area contributed by atoms with E-state index in [-0.39, 0.29) is 5.91 Å². The summed E-state index contributed by atoms with van der Waals surface area (Å²) in [6.45, 7) is 0.931. The number of amides is 1. The highest BCUT2D eigenvalue weighted by molar-refractivity contribution is 5.90. The molecule has 2 aromatic rings. The number of nitrogens with one attached hydrogen (secondary N) is 1. The number of anilines is 1. The third-order valence-electron chi connectivity index (χ3n) is 3.63. The summed E-state index contributed by atoms with van der Waals surface area (Å²) in [5.74, 6) is 2.14. The van der Waals surface area contributed by atoms with Gasteiger partial charge in [-0.25, -0.2) is 0 Å². The molecule has 25 heavy (non-hydrogen) atoms. The molecule has 3 N–H and O–H groups in total. The van der Waals surface area contributed by atoms with Gasteiger partial charge in [-0.15, -0.1) is 0 Å². The fraction of sp³-hybridized carbons (Fsp3) is 0.316. The summed E-state index contributed by atoms with van der Waals surface area (Å²) in [4.78, 5) is 12.2. The molecule has 0 bridgehead atoms. The molecule has 0 aromatic heterocycles. The van der Waals surface area contributed by atoms with Gasteiger partial charge in [0.1, 0.15) is 23.9 Å². The summed E-state index contributed by atoms with van der Waals surface area (Å²) in [7, 11) is 3.22. The van der Waals surface area contributed by atoms with E-state index in [2.05, 4.69) is 5.32 Å². The number of carbonyl (C=O) groups excluding carboxylic acids is 1. The zero-order chi connectivity index (χ0) is 18.1. The molecule has 2 aromatic carbocycles. The quantitative estimate of drug-likeness (QED) is 0.731. The number of hydrogen-bond donors (Lipinski definition) is 2. The van der Waals surface area contributed by atoms with Crippen LogP contribution in [0.3, 0.4) is 0 Å². The summed E-state index contributed by atoms with van der Waals surface area (Å²) in [5, 5.41) is 2.87. The Morgan fingerprint density at radius 2 is 1.76 bits per heavy atom. The number of ether oxygens (including phenoxy) is 3. The number of carbonyl (C=O) groups is 1. The van der Waals surface area contributed by atoms with Crippen LogP contribution in [0.5, 0.6) is 17.2 Å². The van der Waals surface area contributed by atoms with Crippen molar-refractivity contribution < 1.29 is 19.0 Å². The smallest absolute Gasteiger partial charge is 0.224 e. The van der Waals surface area contributed by atoms with E-state index in [0.29, 0.717) is 26.0 Å². The fourth-order valence-electron chi connectivity index (χ4n) is 2.36. The van der Waals surface area contributed by atoms with Crippen LogP contribution in [0.15, 0.2) is 42.5 Å². The Morgan fingerprint density at radius 1 is 1.04 bits per heavy atom. The summed E-state index contributed by atoms with van der Waals surface area (Å²) >= 11 is 0. The molecule has 6 nitrogen and oxygen atoms in total. The largest absolute Gasteiger partial charge is 0.497 e. The molecule has 0 aliphatic carbocycles. The monoisotopic (exact) mass is 344 g/mol. The van der Waals surface area contributed by atoms with Gasteiger partial charge in [-0.1, -0.05) is 0 Å². The Bertz CT molecular complexity index is 686. The molecular formula is C19H24N2O4. The minimum absolute atomic E-state index is 0.0690. The van der Waals surface area contributed by atoms with E-state index in [4.69, 9.17) is 19.9 Å². The highest BCUT2D eigenvalue weighted by Gasteiger charge is 2.09. The highest BCUT2D eigenvalue weighted by Crippen LogP contribution is 2.25. The molecule has 0 heterocycles. The van der Waals surface area contributed by atoms with Crippen molar-refractivity contribution in [2.75, 3.05) is 32.7 Å². The van der Waals surface area contributed by atoms with Gasteiger partial charge in [0.05, 0.1) is 14.2 Å². The predicted molar refractivity (Wildman–Crippen MR) is 97.5 cm³/mol. The minimum atomic E-state index is -0.0690. The molecule has 1 amide bonds. The Morgan fingerprint density at radius 3 is 2.40 bits per heavy atom. The van der Waals surface area contributed by atoms with Crippen molar-refractivity contribution in [2.45, 2.75) is 12.8 Å². The molecule has 0 saturated heterocycles. The number of rotatable bonds is 9. The lowest BCUT2D eigenvalue weighted by molar-refractivity contribution is -0.116. The second kappa shape index (κ2) is 9.54. The van der Waals surface area contributed by atoms with Crippen LogP contribution in [0.1, 0.15) is 12.0 Å². The first kappa shape index (κ1) is 18.6. The lowest BCUT2D eigenvalue weighted by Gasteiger charge is -2.11. The Balaban J connectivity index is 1.90. The molecule has 0 saturated carbocycles. The zero-order valence-electron chi connectivity index (χ0n) is 14.6. The van der Waals surface area contributed by atoms with Crippen LogP contribution in [0.2, 0.25) is 0 Å². The third-order valence-corrected chi connectivity index (χ3v) is 3.63. The van der Waals surface area contributed by atoms with E-state index in [0.717, 1.165) is 28.5 Å². The van der Waals surface area contributed by atoms with Crippen molar-refractivity contribution >= 4 is 11.6 Å². The van der Waals surface area contributed by atoms with Crippen molar-refractivity contribution in [3.8, 4) is 17.2 Å². The molecule has 0 unspecified atom stereocenters. The van der Waals surface area contributed by atoms with Gasteiger partial charge >= 0.3 is 0 Å².